The molecule has 0 aliphatic carbocycles. The lowest BCUT2D eigenvalue weighted by molar-refractivity contribution is 0.596. The van der Waals surface area contributed by atoms with Gasteiger partial charge in [0.1, 0.15) is 0 Å². The summed E-state index contributed by atoms with van der Waals surface area (Å²) < 4.78 is 0. The number of hydrogen-bond donors (Lipinski definition) is 1. The zero-order chi connectivity index (χ0) is 13.6. The van der Waals surface area contributed by atoms with Crippen LogP contribution >= 0.6 is 11.3 Å². The summed E-state index contributed by atoms with van der Waals surface area (Å²) in [5.74, 6) is 0. The molecule has 100 valence electrons. The van der Waals surface area contributed by atoms with E-state index in [1.807, 2.05) is 24.4 Å². The summed E-state index contributed by atoms with van der Waals surface area (Å²) in [5.41, 5.74) is 2.29. The number of aromatic nitrogens is 1. The van der Waals surface area contributed by atoms with Gasteiger partial charge in [-0.05, 0) is 29.1 Å². The molecule has 1 aromatic carbocycles. The third-order valence-corrected chi connectivity index (χ3v) is 4.05. The molecule has 0 fully saturated rings. The minimum absolute atomic E-state index is 0.125. The molecule has 0 aliphatic rings. The zero-order valence-electron chi connectivity index (χ0n) is 11.1. The largest absolute Gasteiger partial charge is 0.300 e. The second-order valence-corrected chi connectivity index (χ2v) is 5.59. The van der Waals surface area contributed by atoms with Gasteiger partial charge in [0, 0.05) is 17.6 Å². The van der Waals surface area contributed by atoms with Gasteiger partial charge in [0.05, 0.1) is 11.7 Å². The van der Waals surface area contributed by atoms with E-state index in [0.717, 1.165) is 12.2 Å². The molecule has 1 unspecified atom stereocenters. The highest BCUT2D eigenvalue weighted by Crippen LogP contribution is 2.21. The Morgan fingerprint density at radius 2 is 1.80 bits per heavy atom. The van der Waals surface area contributed by atoms with E-state index in [-0.39, 0.29) is 6.04 Å². The highest BCUT2D eigenvalue weighted by molar-refractivity contribution is 7.09. The number of nitrogens with zero attached hydrogens (tertiary/aromatic N) is 1. The SMILES string of the molecule is c1ccc(C(NCc2cccs2)c2ccccn2)cc1. The minimum Gasteiger partial charge on any atom is -0.300 e. The molecule has 3 heteroatoms. The van der Waals surface area contributed by atoms with Crippen molar-refractivity contribution >= 4 is 11.3 Å². The van der Waals surface area contributed by atoms with E-state index in [1.54, 1.807) is 11.3 Å². The second-order valence-electron chi connectivity index (χ2n) is 4.56. The van der Waals surface area contributed by atoms with Gasteiger partial charge in [-0.1, -0.05) is 42.5 Å². The number of pyridine rings is 1. The van der Waals surface area contributed by atoms with Gasteiger partial charge in [0.2, 0.25) is 0 Å². The number of thiophene rings is 1. The third-order valence-electron chi connectivity index (χ3n) is 3.18. The Kier molecular flexibility index (Phi) is 4.21. The van der Waals surface area contributed by atoms with Crippen molar-refractivity contribution < 1.29 is 0 Å². The summed E-state index contributed by atoms with van der Waals surface area (Å²) in [6.45, 7) is 0.855. The Bertz CT molecular complexity index is 581. The van der Waals surface area contributed by atoms with Crippen molar-refractivity contribution in [3.63, 3.8) is 0 Å². The Labute approximate surface area is 123 Å². The van der Waals surface area contributed by atoms with Crippen molar-refractivity contribution in [3.05, 3.63) is 88.4 Å². The zero-order valence-corrected chi connectivity index (χ0v) is 11.9. The lowest BCUT2D eigenvalue weighted by atomic mass is 10.0. The van der Waals surface area contributed by atoms with Gasteiger partial charge < -0.3 is 5.32 Å². The summed E-state index contributed by atoms with van der Waals surface area (Å²) in [5, 5.41) is 5.71. The first-order valence-electron chi connectivity index (χ1n) is 6.65. The molecule has 2 heterocycles. The Morgan fingerprint density at radius 1 is 0.950 bits per heavy atom. The van der Waals surface area contributed by atoms with Crippen LogP contribution < -0.4 is 5.32 Å². The molecule has 0 amide bonds. The fraction of sp³-hybridized carbons (Fsp3) is 0.118. The number of nitrogens with one attached hydrogen (secondary N) is 1. The molecule has 1 atom stereocenters. The topological polar surface area (TPSA) is 24.9 Å². The van der Waals surface area contributed by atoms with E-state index in [9.17, 15) is 0 Å². The van der Waals surface area contributed by atoms with Gasteiger partial charge in [-0.25, -0.2) is 0 Å². The highest BCUT2D eigenvalue weighted by Gasteiger charge is 2.14. The molecule has 0 saturated carbocycles. The maximum atomic E-state index is 4.50. The van der Waals surface area contributed by atoms with Crippen molar-refractivity contribution in [1.29, 1.82) is 0 Å². The van der Waals surface area contributed by atoms with Crippen molar-refractivity contribution in [1.82, 2.24) is 10.3 Å². The summed E-state index contributed by atoms with van der Waals surface area (Å²) >= 11 is 1.77. The van der Waals surface area contributed by atoms with Crippen LogP contribution in [0.25, 0.3) is 0 Å². The summed E-state index contributed by atoms with van der Waals surface area (Å²) in [6, 6.07) is 20.9. The van der Waals surface area contributed by atoms with E-state index < -0.39 is 0 Å². The van der Waals surface area contributed by atoms with Crippen LogP contribution in [0.5, 0.6) is 0 Å². The van der Waals surface area contributed by atoms with E-state index in [1.165, 1.54) is 10.4 Å². The average Bonchev–Trinajstić information content (AvgIpc) is 3.03. The molecule has 3 aromatic rings. The van der Waals surface area contributed by atoms with Crippen LogP contribution in [0.4, 0.5) is 0 Å². The van der Waals surface area contributed by atoms with Gasteiger partial charge in [-0.2, -0.15) is 0 Å². The molecule has 2 nitrogen and oxygen atoms in total. The quantitative estimate of drug-likeness (QED) is 0.763. The molecule has 0 aliphatic heterocycles. The van der Waals surface area contributed by atoms with Gasteiger partial charge in [-0.15, -0.1) is 11.3 Å². The third kappa shape index (κ3) is 3.13. The highest BCUT2D eigenvalue weighted by atomic mass is 32.1. The Hall–Kier alpha value is -1.97. The molecule has 0 saturated heterocycles. The van der Waals surface area contributed by atoms with E-state index in [2.05, 4.69) is 58.1 Å². The summed E-state index contributed by atoms with van der Waals surface area (Å²) in [4.78, 5) is 5.83. The van der Waals surface area contributed by atoms with Crippen molar-refractivity contribution in [2.24, 2.45) is 0 Å². The van der Waals surface area contributed by atoms with Crippen LogP contribution in [0.15, 0.2) is 72.2 Å². The predicted octanol–water partition coefficient (Wildman–Crippen LogP) is 4.02. The monoisotopic (exact) mass is 280 g/mol. The van der Waals surface area contributed by atoms with E-state index in [4.69, 9.17) is 0 Å². The average molecular weight is 280 g/mol. The van der Waals surface area contributed by atoms with Crippen LogP contribution in [0.2, 0.25) is 0 Å². The molecular formula is C17H16N2S. The molecule has 1 N–H and O–H groups in total. The van der Waals surface area contributed by atoms with Crippen LogP contribution in [0.1, 0.15) is 22.2 Å². The number of benzene rings is 1. The van der Waals surface area contributed by atoms with Gasteiger partial charge in [-0.3, -0.25) is 4.98 Å². The molecule has 0 bridgehead atoms. The molecule has 20 heavy (non-hydrogen) atoms. The van der Waals surface area contributed by atoms with Gasteiger partial charge in [0.15, 0.2) is 0 Å². The predicted molar refractivity (Wildman–Crippen MR) is 83.7 cm³/mol. The number of rotatable bonds is 5. The van der Waals surface area contributed by atoms with Crippen molar-refractivity contribution in [2.75, 3.05) is 0 Å². The first-order chi connectivity index (χ1) is 9.93. The van der Waals surface area contributed by atoms with Gasteiger partial charge >= 0.3 is 0 Å². The fourth-order valence-electron chi connectivity index (χ4n) is 2.20. The number of hydrogen-bond acceptors (Lipinski definition) is 3. The summed E-state index contributed by atoms with van der Waals surface area (Å²) in [7, 11) is 0. The summed E-state index contributed by atoms with van der Waals surface area (Å²) in [6.07, 6.45) is 1.85. The van der Waals surface area contributed by atoms with E-state index in [0.29, 0.717) is 0 Å². The maximum Gasteiger partial charge on any atom is 0.0754 e. The van der Waals surface area contributed by atoms with Crippen LogP contribution in [-0.2, 0) is 6.54 Å². The van der Waals surface area contributed by atoms with Crippen LogP contribution in [0, 0.1) is 0 Å². The molecular weight excluding hydrogens is 264 g/mol. The van der Waals surface area contributed by atoms with Gasteiger partial charge in [0.25, 0.3) is 0 Å². The Morgan fingerprint density at radius 3 is 2.50 bits per heavy atom. The molecule has 2 aromatic heterocycles. The standard InChI is InChI=1S/C17H16N2S/c1-2-7-14(8-3-1)17(16-10-4-5-11-18-16)19-13-15-9-6-12-20-15/h1-12,17,19H,13H2. The lowest BCUT2D eigenvalue weighted by Crippen LogP contribution is -2.22. The Balaban J connectivity index is 1.84. The molecule has 0 radical (unpaired) electrons. The lowest BCUT2D eigenvalue weighted by Gasteiger charge is -2.18. The molecule has 3 rings (SSSR count). The first kappa shape index (κ1) is 13.0. The second kappa shape index (κ2) is 6.46. The minimum atomic E-state index is 0.125. The first-order valence-corrected chi connectivity index (χ1v) is 7.53. The van der Waals surface area contributed by atoms with Crippen molar-refractivity contribution in [2.45, 2.75) is 12.6 Å². The normalized spacial score (nSPS) is 12.2. The van der Waals surface area contributed by atoms with Crippen LogP contribution in [-0.4, -0.2) is 4.98 Å². The van der Waals surface area contributed by atoms with Crippen molar-refractivity contribution in [3.8, 4) is 0 Å². The smallest absolute Gasteiger partial charge is 0.0754 e. The molecule has 0 spiro atoms. The van der Waals surface area contributed by atoms with E-state index >= 15 is 0 Å². The maximum absolute atomic E-state index is 4.50. The van der Waals surface area contributed by atoms with Crippen LogP contribution in [0.3, 0.4) is 0 Å². The fourth-order valence-corrected chi connectivity index (χ4v) is 2.86.